The van der Waals surface area contributed by atoms with E-state index in [1.165, 1.54) is 23.5 Å². The van der Waals surface area contributed by atoms with Crippen molar-refractivity contribution in [2.75, 3.05) is 5.32 Å². The molecule has 0 unspecified atom stereocenters. The molecule has 112 valence electrons. The van der Waals surface area contributed by atoms with Gasteiger partial charge < -0.3 is 4.98 Å². The predicted molar refractivity (Wildman–Crippen MR) is 82.0 cm³/mol. The Morgan fingerprint density at radius 3 is 2.91 bits per heavy atom. The number of nitrogens with one attached hydrogen (secondary N) is 2. The normalized spacial score (nSPS) is 16.0. The van der Waals surface area contributed by atoms with E-state index < -0.39 is 0 Å². The summed E-state index contributed by atoms with van der Waals surface area (Å²) in [4.78, 5) is 31.9. The Bertz CT molecular complexity index is 810. The van der Waals surface area contributed by atoms with Gasteiger partial charge in [-0.1, -0.05) is 25.2 Å². The lowest BCUT2D eigenvalue weighted by Crippen LogP contribution is -2.26. The highest BCUT2D eigenvalue weighted by Crippen LogP contribution is 2.38. The quantitative estimate of drug-likeness (QED) is 0.890. The summed E-state index contributed by atoms with van der Waals surface area (Å²) >= 11 is 1.21. The molecule has 2 N–H and O–H groups in total. The van der Waals surface area contributed by atoms with E-state index in [0.29, 0.717) is 22.1 Å². The summed E-state index contributed by atoms with van der Waals surface area (Å²) in [6, 6.07) is 5.00. The molecule has 1 amide bonds. The van der Waals surface area contributed by atoms with Crippen LogP contribution in [0.25, 0.3) is 0 Å². The molecule has 1 aliphatic carbocycles. The first kappa shape index (κ1) is 14.5. The molecule has 0 aliphatic heterocycles. The fourth-order valence-electron chi connectivity index (χ4n) is 2.53. The Labute approximate surface area is 131 Å². The van der Waals surface area contributed by atoms with Crippen molar-refractivity contribution in [3.8, 4) is 6.07 Å². The van der Waals surface area contributed by atoms with E-state index in [0.717, 1.165) is 12.1 Å². The molecule has 0 saturated carbocycles. The highest BCUT2D eigenvalue weighted by atomic mass is 32.1. The van der Waals surface area contributed by atoms with Crippen LogP contribution in [0.2, 0.25) is 0 Å². The number of nitriles is 1. The fourth-order valence-corrected chi connectivity index (χ4v) is 3.45. The number of nitrogens with zero attached hydrogens (tertiary/aromatic N) is 2. The second kappa shape index (κ2) is 5.07. The van der Waals surface area contributed by atoms with E-state index in [-0.39, 0.29) is 22.8 Å². The van der Waals surface area contributed by atoms with Crippen molar-refractivity contribution in [1.29, 1.82) is 5.26 Å². The highest BCUT2D eigenvalue weighted by molar-refractivity contribution is 7.17. The number of hydrogen-bond donors (Lipinski definition) is 2. The molecular weight excluding hydrogens is 300 g/mol. The molecule has 7 heteroatoms. The van der Waals surface area contributed by atoms with Gasteiger partial charge in [0, 0.05) is 6.42 Å². The number of ketones is 1. The van der Waals surface area contributed by atoms with Crippen LogP contribution in [-0.2, 0) is 6.42 Å². The third-order valence-electron chi connectivity index (χ3n) is 3.51. The Morgan fingerprint density at radius 1 is 1.45 bits per heavy atom. The molecule has 0 bridgehead atoms. The first-order chi connectivity index (χ1) is 10.4. The second-order valence-electron chi connectivity index (χ2n) is 6.09. The first-order valence-corrected chi connectivity index (χ1v) is 7.63. The minimum atomic E-state index is -0.376. The Hall–Kier alpha value is -2.46. The maximum Gasteiger partial charge on any atom is 0.273 e. The number of hydrogen-bond acceptors (Lipinski definition) is 5. The van der Waals surface area contributed by atoms with Crippen molar-refractivity contribution in [2.24, 2.45) is 5.41 Å². The molecule has 2 aromatic heterocycles. The maximum atomic E-state index is 12.1. The maximum absolute atomic E-state index is 12.1. The van der Waals surface area contributed by atoms with Crippen molar-refractivity contribution >= 4 is 28.2 Å². The van der Waals surface area contributed by atoms with Crippen LogP contribution in [0.15, 0.2) is 12.1 Å². The number of aromatic amines is 1. The van der Waals surface area contributed by atoms with Gasteiger partial charge in [-0.2, -0.15) is 5.26 Å². The van der Waals surface area contributed by atoms with Crippen LogP contribution in [0.4, 0.5) is 5.13 Å². The largest absolute Gasteiger partial charge is 0.342 e. The molecule has 22 heavy (non-hydrogen) atoms. The van der Waals surface area contributed by atoms with Crippen molar-refractivity contribution in [2.45, 2.75) is 26.7 Å². The summed E-state index contributed by atoms with van der Waals surface area (Å²) < 4.78 is 0. The third kappa shape index (κ3) is 2.65. The molecule has 0 radical (unpaired) electrons. The number of rotatable bonds is 2. The molecule has 0 saturated heterocycles. The average Bonchev–Trinajstić information content (AvgIpc) is 3.03. The van der Waals surface area contributed by atoms with Crippen molar-refractivity contribution in [3.63, 3.8) is 0 Å². The fraction of sp³-hybridized carbons (Fsp3) is 0.333. The van der Waals surface area contributed by atoms with Gasteiger partial charge >= 0.3 is 0 Å². The number of thiazole rings is 1. The average molecular weight is 314 g/mol. The van der Waals surface area contributed by atoms with Gasteiger partial charge in [-0.3, -0.25) is 14.9 Å². The first-order valence-electron chi connectivity index (χ1n) is 6.81. The number of Topliss-reactive ketones (excluding diaryl/α,β-unsaturated/α-hetero) is 1. The second-order valence-corrected chi connectivity index (χ2v) is 7.09. The van der Waals surface area contributed by atoms with Gasteiger partial charge in [0.15, 0.2) is 10.9 Å². The topological polar surface area (TPSA) is 98.6 Å². The number of H-pyrrole nitrogens is 1. The molecule has 0 atom stereocenters. The lowest BCUT2D eigenvalue weighted by atomic mass is 9.78. The monoisotopic (exact) mass is 314 g/mol. The van der Waals surface area contributed by atoms with Gasteiger partial charge in [0.2, 0.25) is 0 Å². The number of anilines is 1. The summed E-state index contributed by atoms with van der Waals surface area (Å²) in [5, 5.41) is 11.8. The van der Waals surface area contributed by atoms with Gasteiger partial charge in [-0.25, -0.2) is 4.98 Å². The standard InChI is InChI=1S/C15H14N4O2S/c1-15(2)5-10-12(11(20)6-15)22-14(18-10)19-13(21)9-4-3-8(7-16)17-9/h3-4,17H,5-6H2,1-2H3,(H,18,19,21). The summed E-state index contributed by atoms with van der Waals surface area (Å²) in [7, 11) is 0. The summed E-state index contributed by atoms with van der Waals surface area (Å²) in [6.45, 7) is 4.07. The smallest absolute Gasteiger partial charge is 0.273 e. The van der Waals surface area contributed by atoms with Crippen LogP contribution in [-0.4, -0.2) is 21.7 Å². The Morgan fingerprint density at radius 2 is 2.23 bits per heavy atom. The van der Waals surface area contributed by atoms with Crippen molar-refractivity contribution < 1.29 is 9.59 Å². The van der Waals surface area contributed by atoms with E-state index >= 15 is 0 Å². The van der Waals surface area contributed by atoms with Crippen LogP contribution >= 0.6 is 11.3 Å². The van der Waals surface area contributed by atoms with Gasteiger partial charge in [0.1, 0.15) is 17.5 Å². The zero-order valence-electron chi connectivity index (χ0n) is 12.2. The number of fused-ring (bicyclic) bond motifs is 1. The summed E-state index contributed by atoms with van der Waals surface area (Å²) in [6.07, 6.45) is 1.22. The van der Waals surface area contributed by atoms with Crippen LogP contribution in [0.1, 0.15) is 51.8 Å². The van der Waals surface area contributed by atoms with Crippen molar-refractivity contribution in [3.05, 3.63) is 34.1 Å². The molecule has 0 fully saturated rings. The van der Waals surface area contributed by atoms with E-state index in [2.05, 4.69) is 15.3 Å². The number of carbonyl (C=O) groups is 2. The molecule has 0 aromatic carbocycles. The molecule has 6 nitrogen and oxygen atoms in total. The van der Waals surface area contributed by atoms with Gasteiger partial charge in [0.05, 0.1) is 10.6 Å². The number of aromatic nitrogens is 2. The zero-order chi connectivity index (χ0) is 15.9. The highest BCUT2D eigenvalue weighted by Gasteiger charge is 2.34. The van der Waals surface area contributed by atoms with Crippen molar-refractivity contribution in [1.82, 2.24) is 9.97 Å². The molecular formula is C15H14N4O2S. The van der Waals surface area contributed by atoms with E-state index in [4.69, 9.17) is 5.26 Å². The minimum Gasteiger partial charge on any atom is -0.342 e. The molecule has 0 spiro atoms. The van der Waals surface area contributed by atoms with E-state index in [9.17, 15) is 9.59 Å². The lowest BCUT2D eigenvalue weighted by Gasteiger charge is -2.26. The van der Waals surface area contributed by atoms with Crippen LogP contribution in [0.3, 0.4) is 0 Å². The Kier molecular flexibility index (Phi) is 3.34. The van der Waals surface area contributed by atoms with Gasteiger partial charge in [-0.05, 0) is 24.0 Å². The zero-order valence-corrected chi connectivity index (χ0v) is 13.0. The SMILES string of the molecule is CC1(C)CC(=O)c2sc(NC(=O)c3ccc(C#N)[nH]3)nc2C1. The van der Waals surface area contributed by atoms with Gasteiger partial charge in [-0.15, -0.1) is 0 Å². The molecule has 2 aromatic rings. The predicted octanol–water partition coefficient (Wildman–Crippen LogP) is 2.75. The Balaban J connectivity index is 1.81. The molecule has 1 aliphatic rings. The van der Waals surface area contributed by atoms with Crippen LogP contribution in [0, 0.1) is 16.7 Å². The molecule has 3 rings (SSSR count). The van der Waals surface area contributed by atoms with Gasteiger partial charge in [0.25, 0.3) is 5.91 Å². The van der Waals surface area contributed by atoms with Crippen LogP contribution < -0.4 is 5.32 Å². The number of carbonyl (C=O) groups excluding carboxylic acids is 2. The van der Waals surface area contributed by atoms with E-state index in [1.54, 1.807) is 0 Å². The minimum absolute atomic E-state index is 0.0795. The number of amides is 1. The molecule has 2 heterocycles. The summed E-state index contributed by atoms with van der Waals surface area (Å²) in [5.74, 6) is -0.296. The lowest BCUT2D eigenvalue weighted by molar-refractivity contribution is 0.0915. The van der Waals surface area contributed by atoms with Crippen LogP contribution in [0.5, 0.6) is 0 Å². The summed E-state index contributed by atoms with van der Waals surface area (Å²) in [5.41, 5.74) is 1.27. The van der Waals surface area contributed by atoms with E-state index in [1.807, 2.05) is 19.9 Å². The third-order valence-corrected chi connectivity index (χ3v) is 4.56.